The summed E-state index contributed by atoms with van der Waals surface area (Å²) in [5.74, 6) is -1.17. The summed E-state index contributed by atoms with van der Waals surface area (Å²) in [5.41, 5.74) is 5.29. The Balaban J connectivity index is 1.95. The molecular formula is C12H11N5O4. The van der Waals surface area contributed by atoms with Gasteiger partial charge in [-0.1, -0.05) is 0 Å². The normalized spacial score (nSPS) is 9.95. The van der Waals surface area contributed by atoms with Crippen LogP contribution in [0.4, 0.5) is 5.69 Å². The van der Waals surface area contributed by atoms with E-state index < -0.39 is 16.7 Å². The fraction of sp³-hybridized carbons (Fsp3) is 0.0833. The first-order valence-electron chi connectivity index (χ1n) is 5.84. The van der Waals surface area contributed by atoms with Gasteiger partial charge in [-0.15, -0.1) is 0 Å². The van der Waals surface area contributed by atoms with E-state index in [2.05, 4.69) is 21.0 Å². The van der Waals surface area contributed by atoms with E-state index in [1.54, 1.807) is 6.92 Å². The Morgan fingerprint density at radius 3 is 2.33 bits per heavy atom. The molecule has 0 aliphatic rings. The van der Waals surface area contributed by atoms with Crippen molar-refractivity contribution < 1.29 is 14.5 Å². The van der Waals surface area contributed by atoms with Crippen LogP contribution in [0.25, 0.3) is 0 Å². The van der Waals surface area contributed by atoms with Crippen LogP contribution in [0.1, 0.15) is 26.5 Å². The maximum Gasteiger partial charge on any atom is 0.290 e. The molecule has 2 rings (SSSR count). The van der Waals surface area contributed by atoms with Gasteiger partial charge >= 0.3 is 0 Å². The summed E-state index contributed by atoms with van der Waals surface area (Å²) in [6.07, 6.45) is 0. The molecule has 0 atom stereocenters. The summed E-state index contributed by atoms with van der Waals surface area (Å²) < 4.78 is 0. The van der Waals surface area contributed by atoms with E-state index in [1.807, 2.05) is 0 Å². The average molecular weight is 289 g/mol. The van der Waals surface area contributed by atoms with Crippen molar-refractivity contribution in [2.45, 2.75) is 6.92 Å². The van der Waals surface area contributed by atoms with Gasteiger partial charge in [-0.3, -0.25) is 35.7 Å². The molecule has 0 saturated heterocycles. The number of aromatic nitrogens is 2. The smallest absolute Gasteiger partial charge is 0.282 e. The number of nitrogens with zero attached hydrogens (tertiary/aromatic N) is 2. The molecule has 0 radical (unpaired) electrons. The van der Waals surface area contributed by atoms with Crippen molar-refractivity contribution in [1.29, 1.82) is 0 Å². The Hall–Kier alpha value is -3.23. The molecule has 2 aromatic rings. The van der Waals surface area contributed by atoms with Crippen LogP contribution in [0.5, 0.6) is 0 Å². The van der Waals surface area contributed by atoms with Crippen molar-refractivity contribution in [3.63, 3.8) is 0 Å². The first-order valence-corrected chi connectivity index (χ1v) is 5.84. The van der Waals surface area contributed by atoms with Crippen LogP contribution in [0.3, 0.4) is 0 Å². The van der Waals surface area contributed by atoms with Crippen LogP contribution >= 0.6 is 0 Å². The fourth-order valence-corrected chi connectivity index (χ4v) is 1.52. The highest BCUT2D eigenvalue weighted by atomic mass is 16.6. The van der Waals surface area contributed by atoms with Gasteiger partial charge in [-0.25, -0.2) is 0 Å². The lowest BCUT2D eigenvalue weighted by atomic mass is 10.2. The molecule has 1 heterocycles. The molecule has 108 valence electrons. The Morgan fingerprint density at radius 1 is 1.19 bits per heavy atom. The molecule has 0 saturated carbocycles. The number of nitro benzene ring substituents is 1. The highest BCUT2D eigenvalue weighted by molar-refractivity contribution is 5.98. The van der Waals surface area contributed by atoms with Gasteiger partial charge in [0.05, 0.1) is 4.92 Å². The lowest BCUT2D eigenvalue weighted by Crippen LogP contribution is -2.41. The number of rotatable bonds is 3. The summed E-state index contributed by atoms with van der Waals surface area (Å²) in [5, 5.41) is 16.8. The van der Waals surface area contributed by atoms with Crippen molar-refractivity contribution >= 4 is 17.5 Å². The second-order valence-corrected chi connectivity index (χ2v) is 4.15. The maximum absolute atomic E-state index is 11.7. The molecule has 0 aliphatic carbocycles. The molecule has 0 spiro atoms. The fourth-order valence-electron chi connectivity index (χ4n) is 1.52. The number of nitrogens with one attached hydrogen (secondary N) is 3. The van der Waals surface area contributed by atoms with Gasteiger partial charge in [0, 0.05) is 23.4 Å². The lowest BCUT2D eigenvalue weighted by Gasteiger charge is -2.05. The van der Waals surface area contributed by atoms with Gasteiger partial charge in [0.2, 0.25) is 0 Å². The number of carbonyl (C=O) groups excluding carboxylic acids is 2. The van der Waals surface area contributed by atoms with E-state index in [-0.39, 0.29) is 16.9 Å². The average Bonchev–Trinajstić information content (AvgIpc) is 2.91. The summed E-state index contributed by atoms with van der Waals surface area (Å²) in [6, 6.07) is 6.51. The number of amides is 2. The topological polar surface area (TPSA) is 130 Å². The highest BCUT2D eigenvalue weighted by Gasteiger charge is 2.12. The minimum Gasteiger partial charge on any atom is -0.282 e. The summed E-state index contributed by atoms with van der Waals surface area (Å²) >= 11 is 0. The Bertz CT molecular complexity index is 692. The predicted octanol–water partition coefficient (Wildman–Crippen LogP) is 0.701. The number of hydrogen-bond acceptors (Lipinski definition) is 5. The third kappa shape index (κ3) is 3.41. The standard InChI is InChI=1S/C12H11N5O4/c1-7-6-10(14-13-7)12(19)16-15-11(18)8-2-4-9(5-3-8)17(20)21/h2-6H,1H3,(H,13,14)(H,15,18)(H,16,19). The Kier molecular flexibility index (Phi) is 3.93. The zero-order valence-corrected chi connectivity index (χ0v) is 10.9. The van der Waals surface area contributed by atoms with E-state index >= 15 is 0 Å². The molecule has 9 heteroatoms. The number of hydrogen-bond donors (Lipinski definition) is 3. The number of hydrazine groups is 1. The van der Waals surface area contributed by atoms with Crippen LogP contribution in [0, 0.1) is 17.0 Å². The van der Waals surface area contributed by atoms with Crippen LogP contribution in [-0.2, 0) is 0 Å². The first kappa shape index (κ1) is 14.2. The zero-order chi connectivity index (χ0) is 15.4. The molecule has 0 bridgehead atoms. The maximum atomic E-state index is 11.7. The third-order valence-electron chi connectivity index (χ3n) is 2.57. The molecule has 1 aromatic heterocycles. The van der Waals surface area contributed by atoms with Gasteiger partial charge in [0.1, 0.15) is 0 Å². The summed E-state index contributed by atoms with van der Waals surface area (Å²) in [6.45, 7) is 1.74. The Morgan fingerprint density at radius 2 is 1.81 bits per heavy atom. The van der Waals surface area contributed by atoms with Crippen molar-refractivity contribution in [1.82, 2.24) is 21.0 Å². The van der Waals surface area contributed by atoms with E-state index in [9.17, 15) is 19.7 Å². The van der Waals surface area contributed by atoms with Crippen LogP contribution in [0.2, 0.25) is 0 Å². The SMILES string of the molecule is Cc1cc(C(=O)NNC(=O)c2ccc([N+](=O)[O-])cc2)n[nH]1. The molecule has 1 aromatic carbocycles. The zero-order valence-electron chi connectivity index (χ0n) is 10.9. The lowest BCUT2D eigenvalue weighted by molar-refractivity contribution is -0.384. The number of benzene rings is 1. The molecule has 21 heavy (non-hydrogen) atoms. The van der Waals surface area contributed by atoms with Gasteiger partial charge < -0.3 is 0 Å². The van der Waals surface area contributed by atoms with Crippen molar-refractivity contribution in [3.8, 4) is 0 Å². The number of aryl methyl sites for hydroxylation is 1. The second-order valence-electron chi connectivity index (χ2n) is 4.15. The van der Waals surface area contributed by atoms with Gasteiger partial charge in [-0.2, -0.15) is 5.10 Å². The monoisotopic (exact) mass is 289 g/mol. The van der Waals surface area contributed by atoms with E-state index in [4.69, 9.17) is 0 Å². The Labute approximate surface area is 118 Å². The largest absolute Gasteiger partial charge is 0.290 e. The second kappa shape index (κ2) is 5.82. The van der Waals surface area contributed by atoms with Crippen molar-refractivity contribution in [3.05, 3.63) is 57.4 Å². The minimum absolute atomic E-state index is 0.123. The minimum atomic E-state index is -0.592. The van der Waals surface area contributed by atoms with Gasteiger partial charge in [0.25, 0.3) is 17.5 Å². The molecular weight excluding hydrogens is 278 g/mol. The number of carbonyl (C=O) groups is 2. The number of H-pyrrole nitrogens is 1. The number of nitro groups is 1. The molecule has 9 nitrogen and oxygen atoms in total. The van der Waals surface area contributed by atoms with E-state index in [1.165, 1.54) is 30.3 Å². The van der Waals surface area contributed by atoms with E-state index in [0.717, 1.165) is 0 Å². The predicted molar refractivity (Wildman–Crippen MR) is 71.4 cm³/mol. The van der Waals surface area contributed by atoms with Crippen molar-refractivity contribution in [2.75, 3.05) is 0 Å². The van der Waals surface area contributed by atoms with Crippen molar-refractivity contribution in [2.24, 2.45) is 0 Å². The molecule has 0 aliphatic heterocycles. The first-order chi connectivity index (χ1) is 9.97. The third-order valence-corrected chi connectivity index (χ3v) is 2.57. The highest BCUT2D eigenvalue weighted by Crippen LogP contribution is 2.11. The van der Waals surface area contributed by atoms with Gasteiger partial charge in [0.15, 0.2) is 5.69 Å². The molecule has 2 amide bonds. The number of non-ortho nitro benzene ring substituents is 1. The molecule has 3 N–H and O–H groups in total. The molecule has 0 fully saturated rings. The van der Waals surface area contributed by atoms with Crippen LogP contribution in [0.15, 0.2) is 30.3 Å². The number of aromatic amines is 1. The van der Waals surface area contributed by atoms with Crippen LogP contribution in [-0.4, -0.2) is 26.9 Å². The summed E-state index contributed by atoms with van der Waals surface area (Å²) in [4.78, 5) is 33.3. The summed E-state index contributed by atoms with van der Waals surface area (Å²) in [7, 11) is 0. The van der Waals surface area contributed by atoms with Gasteiger partial charge in [-0.05, 0) is 25.1 Å². The van der Waals surface area contributed by atoms with Crippen LogP contribution < -0.4 is 10.9 Å². The molecule has 0 unspecified atom stereocenters. The van der Waals surface area contributed by atoms with E-state index in [0.29, 0.717) is 5.69 Å². The quantitative estimate of drug-likeness (QED) is 0.565.